The molecule has 2 aromatic carbocycles. The zero-order valence-electron chi connectivity index (χ0n) is 18.3. The first kappa shape index (κ1) is 21.6. The fraction of sp³-hybridized carbons (Fsp3) is 0.391. The van der Waals surface area contributed by atoms with Crippen LogP contribution in [0.5, 0.6) is 28.7 Å². The van der Waals surface area contributed by atoms with E-state index in [9.17, 15) is 9.59 Å². The Morgan fingerprint density at radius 3 is 2.06 bits per heavy atom. The van der Waals surface area contributed by atoms with Crippen molar-refractivity contribution in [3.63, 3.8) is 0 Å². The van der Waals surface area contributed by atoms with Crippen LogP contribution in [0.3, 0.4) is 0 Å². The molecule has 2 heterocycles. The molecule has 0 bridgehead atoms. The fourth-order valence-corrected chi connectivity index (χ4v) is 3.86. The molecule has 2 aliphatic heterocycles. The average molecular weight is 442 g/mol. The maximum absolute atomic E-state index is 13.1. The molecule has 170 valence electrons. The summed E-state index contributed by atoms with van der Waals surface area (Å²) in [5, 5.41) is 0. The third kappa shape index (κ3) is 4.10. The lowest BCUT2D eigenvalue weighted by Crippen LogP contribution is -2.55. The van der Waals surface area contributed by atoms with Gasteiger partial charge in [-0.15, -0.1) is 0 Å². The molecule has 0 N–H and O–H groups in total. The van der Waals surface area contributed by atoms with E-state index in [-0.39, 0.29) is 18.4 Å². The van der Waals surface area contributed by atoms with Gasteiger partial charge in [0.1, 0.15) is 6.61 Å². The van der Waals surface area contributed by atoms with Gasteiger partial charge in [0.2, 0.25) is 11.9 Å². The molecular weight excluding hydrogens is 416 g/mol. The number of amides is 2. The number of carbonyl (C=O) groups is 2. The molecule has 0 radical (unpaired) electrons. The highest BCUT2D eigenvalue weighted by Crippen LogP contribution is 2.38. The van der Waals surface area contributed by atoms with Crippen LogP contribution >= 0.6 is 0 Å². The average Bonchev–Trinajstić information content (AvgIpc) is 2.86. The predicted octanol–water partition coefficient (Wildman–Crippen LogP) is 1.84. The Balaban J connectivity index is 1.39. The van der Waals surface area contributed by atoms with E-state index >= 15 is 0 Å². The third-order valence-electron chi connectivity index (χ3n) is 5.57. The molecule has 1 fully saturated rings. The van der Waals surface area contributed by atoms with Crippen molar-refractivity contribution in [1.29, 1.82) is 0 Å². The molecule has 2 amide bonds. The minimum Gasteiger partial charge on any atom is -0.493 e. The van der Waals surface area contributed by atoms with Crippen LogP contribution in [0.1, 0.15) is 10.4 Å². The summed E-state index contributed by atoms with van der Waals surface area (Å²) < 4.78 is 27.5. The van der Waals surface area contributed by atoms with E-state index in [0.29, 0.717) is 60.5 Å². The van der Waals surface area contributed by atoms with Gasteiger partial charge in [-0.25, -0.2) is 0 Å². The van der Waals surface area contributed by atoms with Crippen molar-refractivity contribution < 1.29 is 33.3 Å². The number of rotatable bonds is 5. The van der Waals surface area contributed by atoms with E-state index in [4.69, 9.17) is 23.7 Å². The van der Waals surface area contributed by atoms with Gasteiger partial charge >= 0.3 is 0 Å². The molecule has 2 aliphatic rings. The van der Waals surface area contributed by atoms with E-state index in [1.54, 1.807) is 28.0 Å². The summed E-state index contributed by atoms with van der Waals surface area (Å²) in [6.45, 7) is 1.81. The van der Waals surface area contributed by atoms with Gasteiger partial charge in [0, 0.05) is 31.7 Å². The summed E-state index contributed by atoms with van der Waals surface area (Å²) in [4.78, 5) is 29.4. The second kappa shape index (κ2) is 9.25. The lowest BCUT2D eigenvalue weighted by Gasteiger charge is -2.37. The standard InChI is InChI=1S/C23H26N2O7/c1-28-18-12-15(13-19(29-2)21(18)30-3)22(26)24-8-10-25(11-9-24)23(27)20-14-31-16-6-4-5-7-17(16)32-20/h4-7,12-13,20H,8-11,14H2,1-3H3/t20-/m0/s1. The van der Waals surface area contributed by atoms with Gasteiger partial charge in [0.15, 0.2) is 23.0 Å². The van der Waals surface area contributed by atoms with Gasteiger partial charge in [0.25, 0.3) is 11.8 Å². The van der Waals surface area contributed by atoms with Crippen LogP contribution in [0.2, 0.25) is 0 Å². The molecule has 9 heteroatoms. The van der Waals surface area contributed by atoms with E-state index in [0.717, 1.165) is 0 Å². The second-order valence-electron chi connectivity index (χ2n) is 7.40. The molecule has 0 saturated carbocycles. The molecule has 0 spiro atoms. The van der Waals surface area contributed by atoms with E-state index < -0.39 is 6.10 Å². The summed E-state index contributed by atoms with van der Waals surface area (Å²) in [6.07, 6.45) is -0.692. The van der Waals surface area contributed by atoms with Crippen molar-refractivity contribution in [2.45, 2.75) is 6.10 Å². The summed E-state index contributed by atoms with van der Waals surface area (Å²) in [6, 6.07) is 10.5. The number of carbonyl (C=O) groups excluding carboxylic acids is 2. The molecule has 1 atom stereocenters. The Morgan fingerprint density at radius 2 is 1.47 bits per heavy atom. The Morgan fingerprint density at radius 1 is 0.875 bits per heavy atom. The van der Waals surface area contributed by atoms with Crippen LogP contribution < -0.4 is 23.7 Å². The maximum Gasteiger partial charge on any atom is 0.267 e. The Bertz CT molecular complexity index is 977. The quantitative estimate of drug-likeness (QED) is 0.698. The van der Waals surface area contributed by atoms with Crippen molar-refractivity contribution in [2.75, 3.05) is 54.1 Å². The minimum absolute atomic E-state index is 0.139. The van der Waals surface area contributed by atoms with Crippen LogP contribution in [-0.2, 0) is 4.79 Å². The van der Waals surface area contributed by atoms with Crippen LogP contribution in [0.15, 0.2) is 36.4 Å². The van der Waals surface area contributed by atoms with E-state index in [1.165, 1.54) is 21.3 Å². The zero-order valence-corrected chi connectivity index (χ0v) is 18.3. The maximum atomic E-state index is 13.1. The number of hydrogen-bond acceptors (Lipinski definition) is 7. The van der Waals surface area contributed by atoms with Gasteiger partial charge in [0.05, 0.1) is 21.3 Å². The van der Waals surface area contributed by atoms with Gasteiger partial charge in [-0.3, -0.25) is 9.59 Å². The number of benzene rings is 2. The Hall–Kier alpha value is -3.62. The van der Waals surface area contributed by atoms with Gasteiger partial charge in [-0.1, -0.05) is 12.1 Å². The third-order valence-corrected chi connectivity index (χ3v) is 5.57. The summed E-state index contributed by atoms with van der Waals surface area (Å²) in [5.41, 5.74) is 0.430. The number of methoxy groups -OCH3 is 3. The molecular formula is C23H26N2O7. The minimum atomic E-state index is -0.692. The fourth-order valence-electron chi connectivity index (χ4n) is 3.86. The van der Waals surface area contributed by atoms with Crippen LogP contribution in [-0.4, -0.2) is 81.8 Å². The first-order chi connectivity index (χ1) is 15.5. The largest absolute Gasteiger partial charge is 0.493 e. The first-order valence-electron chi connectivity index (χ1n) is 10.3. The molecule has 4 rings (SSSR count). The number of para-hydroxylation sites is 2. The smallest absolute Gasteiger partial charge is 0.267 e. The van der Waals surface area contributed by atoms with Crippen LogP contribution in [0.25, 0.3) is 0 Å². The molecule has 0 aromatic heterocycles. The topological polar surface area (TPSA) is 86.8 Å². The Kier molecular flexibility index (Phi) is 6.25. The molecule has 1 saturated heterocycles. The molecule has 32 heavy (non-hydrogen) atoms. The summed E-state index contributed by atoms with van der Waals surface area (Å²) in [5.74, 6) is 2.16. The highest BCUT2D eigenvalue weighted by Gasteiger charge is 2.34. The van der Waals surface area contributed by atoms with Crippen molar-refractivity contribution >= 4 is 11.8 Å². The molecule has 0 aliphatic carbocycles. The number of nitrogens with zero attached hydrogens (tertiary/aromatic N) is 2. The monoisotopic (exact) mass is 442 g/mol. The van der Waals surface area contributed by atoms with Crippen molar-refractivity contribution in [3.05, 3.63) is 42.0 Å². The van der Waals surface area contributed by atoms with E-state index in [1.807, 2.05) is 18.2 Å². The van der Waals surface area contributed by atoms with E-state index in [2.05, 4.69) is 0 Å². The van der Waals surface area contributed by atoms with Crippen molar-refractivity contribution in [3.8, 4) is 28.7 Å². The van der Waals surface area contributed by atoms with Gasteiger partial charge in [-0.2, -0.15) is 0 Å². The lowest BCUT2D eigenvalue weighted by atomic mass is 10.1. The number of fused-ring (bicyclic) bond motifs is 1. The number of hydrogen-bond donors (Lipinski definition) is 0. The molecule has 2 aromatic rings. The van der Waals surface area contributed by atoms with Crippen LogP contribution in [0.4, 0.5) is 0 Å². The number of ether oxygens (including phenoxy) is 5. The van der Waals surface area contributed by atoms with Gasteiger partial charge < -0.3 is 33.5 Å². The second-order valence-corrected chi connectivity index (χ2v) is 7.40. The zero-order chi connectivity index (χ0) is 22.7. The Labute approximate surface area is 186 Å². The summed E-state index contributed by atoms with van der Waals surface area (Å²) in [7, 11) is 4.52. The SMILES string of the molecule is COc1cc(C(=O)N2CCN(C(=O)[C@@H]3COc4ccccc4O3)CC2)cc(OC)c1OC. The van der Waals surface area contributed by atoms with Crippen molar-refractivity contribution in [2.24, 2.45) is 0 Å². The highest BCUT2D eigenvalue weighted by atomic mass is 16.6. The van der Waals surface area contributed by atoms with Crippen molar-refractivity contribution in [1.82, 2.24) is 9.80 Å². The van der Waals surface area contributed by atoms with Gasteiger partial charge in [-0.05, 0) is 24.3 Å². The van der Waals surface area contributed by atoms with Crippen LogP contribution in [0, 0.1) is 0 Å². The lowest BCUT2D eigenvalue weighted by molar-refractivity contribution is -0.142. The first-order valence-corrected chi connectivity index (χ1v) is 10.3. The normalized spacial score (nSPS) is 17.5. The predicted molar refractivity (Wildman–Crippen MR) is 115 cm³/mol. The highest BCUT2D eigenvalue weighted by molar-refractivity contribution is 5.96. The summed E-state index contributed by atoms with van der Waals surface area (Å²) >= 11 is 0. The molecule has 0 unspecified atom stereocenters. The molecule has 9 nitrogen and oxygen atoms in total. The number of piperazine rings is 1.